The minimum absolute atomic E-state index is 0.0103. The van der Waals surface area contributed by atoms with E-state index in [9.17, 15) is 4.79 Å². The van der Waals surface area contributed by atoms with Crippen molar-refractivity contribution >= 4 is 17.5 Å². The van der Waals surface area contributed by atoms with Crippen LogP contribution in [0.1, 0.15) is 38.2 Å². The molecule has 0 unspecified atom stereocenters. The Bertz CT molecular complexity index is 517. The summed E-state index contributed by atoms with van der Waals surface area (Å²) in [6.45, 7) is 2.22. The van der Waals surface area contributed by atoms with E-state index in [0.29, 0.717) is 23.4 Å². The van der Waals surface area contributed by atoms with Crippen molar-refractivity contribution in [3.05, 3.63) is 28.8 Å². The fraction of sp³-hybridized carbons (Fsp3) is 0.562. The third-order valence-corrected chi connectivity index (χ3v) is 4.66. The molecule has 3 rings (SSSR count). The van der Waals surface area contributed by atoms with Gasteiger partial charge < -0.3 is 10.1 Å². The number of carbonyl (C=O) groups excluding carboxylic acids is 1. The first-order chi connectivity index (χ1) is 9.63. The van der Waals surface area contributed by atoms with Crippen LogP contribution in [0.25, 0.3) is 0 Å². The Balaban J connectivity index is 1.62. The summed E-state index contributed by atoms with van der Waals surface area (Å²) in [6.07, 6.45) is 4.97. The van der Waals surface area contributed by atoms with Gasteiger partial charge in [-0.2, -0.15) is 0 Å². The van der Waals surface area contributed by atoms with Crippen molar-refractivity contribution in [2.45, 2.75) is 51.2 Å². The highest BCUT2D eigenvalue weighted by atomic mass is 35.5. The van der Waals surface area contributed by atoms with Gasteiger partial charge in [-0.25, -0.2) is 0 Å². The van der Waals surface area contributed by atoms with Gasteiger partial charge in [0.15, 0.2) is 6.10 Å². The molecule has 1 aliphatic heterocycles. The molecule has 1 aliphatic carbocycles. The van der Waals surface area contributed by atoms with Gasteiger partial charge in [0, 0.05) is 17.5 Å². The third kappa shape index (κ3) is 2.78. The molecule has 1 aromatic rings. The highest BCUT2D eigenvalue weighted by Crippen LogP contribution is 2.31. The summed E-state index contributed by atoms with van der Waals surface area (Å²) in [7, 11) is 0. The average Bonchev–Trinajstić information content (AvgIpc) is 2.84. The van der Waals surface area contributed by atoms with E-state index in [4.69, 9.17) is 16.3 Å². The second-order valence-corrected chi connectivity index (χ2v) is 6.38. The van der Waals surface area contributed by atoms with Crippen LogP contribution in [0.3, 0.4) is 0 Å². The van der Waals surface area contributed by atoms with E-state index in [-0.39, 0.29) is 5.91 Å². The van der Waals surface area contributed by atoms with E-state index in [1.54, 1.807) is 6.07 Å². The smallest absolute Gasteiger partial charge is 0.261 e. The Kier molecular flexibility index (Phi) is 3.88. The number of ether oxygens (including phenoxy) is 1. The summed E-state index contributed by atoms with van der Waals surface area (Å²) >= 11 is 5.97. The number of halogens is 1. The second-order valence-electron chi connectivity index (χ2n) is 5.94. The summed E-state index contributed by atoms with van der Waals surface area (Å²) in [5.74, 6) is 1.35. The summed E-state index contributed by atoms with van der Waals surface area (Å²) < 4.78 is 5.73. The van der Waals surface area contributed by atoms with E-state index in [0.717, 1.165) is 17.7 Å². The number of benzene rings is 1. The topological polar surface area (TPSA) is 38.3 Å². The molecule has 1 aromatic carbocycles. The molecule has 4 heteroatoms. The summed E-state index contributed by atoms with van der Waals surface area (Å²) in [5.41, 5.74) is 1.02. The predicted octanol–water partition coefficient (Wildman–Crippen LogP) is 3.34. The van der Waals surface area contributed by atoms with Crippen LogP contribution in [0.2, 0.25) is 5.02 Å². The van der Waals surface area contributed by atoms with Gasteiger partial charge in [0.2, 0.25) is 0 Å². The number of hydrogen-bond acceptors (Lipinski definition) is 2. The van der Waals surface area contributed by atoms with Crippen LogP contribution in [0, 0.1) is 5.92 Å². The first-order valence-corrected chi connectivity index (χ1v) is 7.77. The Labute approximate surface area is 124 Å². The van der Waals surface area contributed by atoms with Crippen molar-refractivity contribution in [3.8, 4) is 5.75 Å². The molecule has 1 N–H and O–H groups in total. The Morgan fingerprint density at radius 2 is 2.15 bits per heavy atom. The van der Waals surface area contributed by atoms with Crippen LogP contribution >= 0.6 is 11.6 Å². The average molecular weight is 294 g/mol. The van der Waals surface area contributed by atoms with Gasteiger partial charge in [-0.1, -0.05) is 31.4 Å². The molecule has 1 heterocycles. The van der Waals surface area contributed by atoms with Crippen molar-refractivity contribution in [2.75, 3.05) is 0 Å². The lowest BCUT2D eigenvalue weighted by Gasteiger charge is -2.30. The van der Waals surface area contributed by atoms with Crippen LogP contribution in [0.4, 0.5) is 0 Å². The van der Waals surface area contributed by atoms with Crippen molar-refractivity contribution < 1.29 is 9.53 Å². The van der Waals surface area contributed by atoms with Gasteiger partial charge in [-0.15, -0.1) is 0 Å². The predicted molar refractivity (Wildman–Crippen MR) is 79.1 cm³/mol. The molecule has 0 bridgehead atoms. The van der Waals surface area contributed by atoms with Crippen molar-refractivity contribution in [1.82, 2.24) is 5.32 Å². The number of fused-ring (bicyclic) bond motifs is 1. The molecule has 3 atom stereocenters. The molecule has 1 amide bonds. The number of amides is 1. The molecular formula is C16H20ClNO2. The maximum absolute atomic E-state index is 12.3. The summed E-state index contributed by atoms with van der Waals surface area (Å²) in [6, 6.07) is 5.82. The molecule has 0 saturated heterocycles. The second kappa shape index (κ2) is 5.65. The van der Waals surface area contributed by atoms with Gasteiger partial charge in [0.25, 0.3) is 5.91 Å². The lowest BCUT2D eigenvalue weighted by atomic mass is 9.86. The molecule has 0 aromatic heterocycles. The Morgan fingerprint density at radius 3 is 2.95 bits per heavy atom. The molecular weight excluding hydrogens is 274 g/mol. The standard InChI is InChI=1S/C16H20ClNO2/c1-10-4-2-3-5-13(10)18-16(19)15-9-11-8-12(17)6-7-14(11)20-15/h6-8,10,13,15H,2-5,9H2,1H3,(H,18,19)/t10-,13+,15-/m1/s1. The van der Waals surface area contributed by atoms with Gasteiger partial charge in [-0.05, 0) is 42.5 Å². The monoisotopic (exact) mass is 293 g/mol. The molecule has 2 aliphatic rings. The SMILES string of the molecule is C[C@@H]1CCCC[C@@H]1NC(=O)[C@H]1Cc2cc(Cl)ccc2O1. The first kappa shape index (κ1) is 13.7. The highest BCUT2D eigenvalue weighted by molar-refractivity contribution is 6.30. The van der Waals surface area contributed by atoms with Gasteiger partial charge in [0.1, 0.15) is 5.75 Å². The van der Waals surface area contributed by atoms with E-state index in [1.165, 1.54) is 19.3 Å². The van der Waals surface area contributed by atoms with E-state index in [2.05, 4.69) is 12.2 Å². The van der Waals surface area contributed by atoms with E-state index < -0.39 is 6.10 Å². The van der Waals surface area contributed by atoms with Crippen LogP contribution in [-0.2, 0) is 11.2 Å². The van der Waals surface area contributed by atoms with Crippen LogP contribution < -0.4 is 10.1 Å². The van der Waals surface area contributed by atoms with Crippen LogP contribution in [0.15, 0.2) is 18.2 Å². The zero-order valence-corrected chi connectivity index (χ0v) is 12.5. The molecule has 20 heavy (non-hydrogen) atoms. The maximum atomic E-state index is 12.3. The Hall–Kier alpha value is -1.22. The van der Waals surface area contributed by atoms with E-state index in [1.807, 2.05) is 12.1 Å². The Morgan fingerprint density at radius 1 is 1.35 bits per heavy atom. The molecule has 1 saturated carbocycles. The first-order valence-electron chi connectivity index (χ1n) is 7.39. The normalized spacial score (nSPS) is 28.6. The maximum Gasteiger partial charge on any atom is 0.261 e. The number of carbonyl (C=O) groups is 1. The fourth-order valence-corrected chi connectivity index (χ4v) is 3.36. The van der Waals surface area contributed by atoms with Crippen molar-refractivity contribution in [3.63, 3.8) is 0 Å². The number of hydrogen-bond donors (Lipinski definition) is 1. The third-order valence-electron chi connectivity index (χ3n) is 4.43. The minimum Gasteiger partial charge on any atom is -0.480 e. The highest BCUT2D eigenvalue weighted by Gasteiger charge is 2.32. The largest absolute Gasteiger partial charge is 0.480 e. The minimum atomic E-state index is -0.405. The van der Waals surface area contributed by atoms with Crippen molar-refractivity contribution in [2.24, 2.45) is 5.92 Å². The van der Waals surface area contributed by atoms with Crippen molar-refractivity contribution in [1.29, 1.82) is 0 Å². The van der Waals surface area contributed by atoms with Crippen LogP contribution in [0.5, 0.6) is 5.75 Å². The molecule has 0 radical (unpaired) electrons. The van der Waals surface area contributed by atoms with Gasteiger partial charge in [-0.3, -0.25) is 4.79 Å². The quantitative estimate of drug-likeness (QED) is 0.908. The summed E-state index contributed by atoms with van der Waals surface area (Å²) in [5, 5.41) is 3.85. The van der Waals surface area contributed by atoms with Gasteiger partial charge in [0.05, 0.1) is 0 Å². The summed E-state index contributed by atoms with van der Waals surface area (Å²) in [4.78, 5) is 12.3. The zero-order valence-electron chi connectivity index (χ0n) is 11.7. The molecule has 1 fully saturated rings. The molecule has 3 nitrogen and oxygen atoms in total. The van der Waals surface area contributed by atoms with Crippen LogP contribution in [-0.4, -0.2) is 18.1 Å². The number of rotatable bonds is 2. The number of nitrogens with one attached hydrogen (secondary N) is 1. The molecule has 108 valence electrons. The fourth-order valence-electron chi connectivity index (χ4n) is 3.17. The van der Waals surface area contributed by atoms with Gasteiger partial charge >= 0.3 is 0 Å². The lowest BCUT2D eigenvalue weighted by Crippen LogP contribution is -2.46. The zero-order chi connectivity index (χ0) is 14.1. The molecule has 0 spiro atoms. The van der Waals surface area contributed by atoms with E-state index >= 15 is 0 Å². The lowest BCUT2D eigenvalue weighted by molar-refractivity contribution is -0.128.